The van der Waals surface area contributed by atoms with Crippen molar-refractivity contribution in [3.63, 3.8) is 0 Å². The van der Waals surface area contributed by atoms with Crippen LogP contribution in [0.2, 0.25) is 0 Å². The van der Waals surface area contributed by atoms with Gasteiger partial charge in [-0.15, -0.1) is 0 Å². The molecule has 1 saturated heterocycles. The Bertz CT molecular complexity index is 169. The van der Waals surface area contributed by atoms with Crippen LogP contribution in [0.5, 0.6) is 0 Å². The molecule has 0 spiro atoms. The molecule has 0 saturated carbocycles. The summed E-state index contributed by atoms with van der Waals surface area (Å²) in [5.41, 5.74) is 0. The first-order chi connectivity index (χ1) is 7.17. The highest BCUT2D eigenvalue weighted by molar-refractivity contribution is 4.80. The van der Waals surface area contributed by atoms with E-state index in [0.29, 0.717) is 0 Å². The molecule has 0 N–H and O–H groups in total. The van der Waals surface area contributed by atoms with Crippen molar-refractivity contribution in [1.82, 2.24) is 4.90 Å². The van der Waals surface area contributed by atoms with Gasteiger partial charge in [-0.25, -0.2) is 0 Å². The second-order valence-electron chi connectivity index (χ2n) is 4.82. The lowest BCUT2D eigenvalue weighted by atomic mass is 10.0. The Morgan fingerprint density at radius 3 is 2.47 bits per heavy atom. The third-order valence-corrected chi connectivity index (χ3v) is 3.15. The zero-order chi connectivity index (χ0) is 11.3. The SMILES string of the molecule is COC(CN1CCC[C@@H]1CC(C)C)OC. The molecule has 0 aliphatic carbocycles. The van der Waals surface area contributed by atoms with E-state index in [0.717, 1.165) is 18.5 Å². The van der Waals surface area contributed by atoms with Gasteiger partial charge < -0.3 is 9.47 Å². The molecule has 1 aliphatic rings. The van der Waals surface area contributed by atoms with E-state index >= 15 is 0 Å². The average Bonchev–Trinajstić information content (AvgIpc) is 2.61. The van der Waals surface area contributed by atoms with Crippen LogP contribution in [0, 0.1) is 5.92 Å². The van der Waals surface area contributed by atoms with Gasteiger partial charge in [0, 0.05) is 26.8 Å². The number of nitrogens with zero attached hydrogens (tertiary/aromatic N) is 1. The van der Waals surface area contributed by atoms with Crippen LogP contribution in [0.1, 0.15) is 33.1 Å². The van der Waals surface area contributed by atoms with E-state index in [1.807, 2.05) is 0 Å². The van der Waals surface area contributed by atoms with Crippen molar-refractivity contribution >= 4 is 0 Å². The van der Waals surface area contributed by atoms with Crippen LogP contribution in [0.4, 0.5) is 0 Å². The molecular formula is C12H25NO2. The molecule has 3 heteroatoms. The Balaban J connectivity index is 2.38. The third-order valence-electron chi connectivity index (χ3n) is 3.15. The molecule has 0 aromatic rings. The topological polar surface area (TPSA) is 21.7 Å². The van der Waals surface area contributed by atoms with Gasteiger partial charge in [0.05, 0.1) is 0 Å². The van der Waals surface area contributed by atoms with Gasteiger partial charge in [-0.3, -0.25) is 4.90 Å². The lowest BCUT2D eigenvalue weighted by molar-refractivity contribution is -0.118. The minimum absolute atomic E-state index is 0.0715. The van der Waals surface area contributed by atoms with Crippen LogP contribution >= 0.6 is 0 Å². The first kappa shape index (κ1) is 12.9. The van der Waals surface area contributed by atoms with Crippen LogP contribution < -0.4 is 0 Å². The van der Waals surface area contributed by atoms with Gasteiger partial charge in [0.2, 0.25) is 0 Å². The maximum atomic E-state index is 5.25. The number of methoxy groups -OCH3 is 2. The fourth-order valence-corrected chi connectivity index (χ4v) is 2.38. The summed E-state index contributed by atoms with van der Waals surface area (Å²) in [5.74, 6) is 0.777. The van der Waals surface area contributed by atoms with Gasteiger partial charge in [-0.2, -0.15) is 0 Å². The minimum atomic E-state index is -0.0715. The van der Waals surface area contributed by atoms with Crippen LogP contribution in [0.25, 0.3) is 0 Å². The predicted octanol–water partition coefficient (Wildman–Crippen LogP) is 2.12. The largest absolute Gasteiger partial charge is 0.355 e. The molecule has 0 aromatic carbocycles. The molecule has 1 rings (SSSR count). The highest BCUT2D eigenvalue weighted by Gasteiger charge is 2.27. The van der Waals surface area contributed by atoms with Crippen molar-refractivity contribution in [3.05, 3.63) is 0 Å². The van der Waals surface area contributed by atoms with Crippen molar-refractivity contribution < 1.29 is 9.47 Å². The first-order valence-corrected chi connectivity index (χ1v) is 5.97. The third kappa shape index (κ3) is 4.09. The zero-order valence-corrected chi connectivity index (χ0v) is 10.5. The molecule has 0 amide bonds. The fourth-order valence-electron chi connectivity index (χ4n) is 2.38. The minimum Gasteiger partial charge on any atom is -0.355 e. The maximum Gasteiger partial charge on any atom is 0.169 e. The van der Waals surface area contributed by atoms with Crippen molar-refractivity contribution in [2.45, 2.75) is 45.4 Å². The summed E-state index contributed by atoms with van der Waals surface area (Å²) in [6.45, 7) is 6.69. The fraction of sp³-hybridized carbons (Fsp3) is 1.00. The van der Waals surface area contributed by atoms with Crippen LogP contribution in [-0.4, -0.2) is 44.5 Å². The number of rotatable bonds is 6. The first-order valence-electron chi connectivity index (χ1n) is 5.97. The molecule has 1 aliphatic heterocycles. The number of likely N-dealkylation sites (tertiary alicyclic amines) is 1. The van der Waals surface area contributed by atoms with Gasteiger partial charge >= 0.3 is 0 Å². The van der Waals surface area contributed by atoms with E-state index < -0.39 is 0 Å². The van der Waals surface area contributed by atoms with E-state index in [9.17, 15) is 0 Å². The highest BCUT2D eigenvalue weighted by Crippen LogP contribution is 2.23. The molecule has 1 fully saturated rings. The van der Waals surface area contributed by atoms with Crippen molar-refractivity contribution in [2.75, 3.05) is 27.3 Å². The Labute approximate surface area is 93.7 Å². The Hall–Kier alpha value is -0.120. The number of hydrogen-bond donors (Lipinski definition) is 0. The van der Waals surface area contributed by atoms with E-state index in [1.54, 1.807) is 14.2 Å². The van der Waals surface area contributed by atoms with E-state index in [4.69, 9.17) is 9.47 Å². The summed E-state index contributed by atoms with van der Waals surface area (Å²) >= 11 is 0. The van der Waals surface area contributed by atoms with Crippen molar-refractivity contribution in [3.8, 4) is 0 Å². The summed E-state index contributed by atoms with van der Waals surface area (Å²) in [4.78, 5) is 2.51. The smallest absolute Gasteiger partial charge is 0.169 e. The van der Waals surface area contributed by atoms with E-state index in [2.05, 4.69) is 18.7 Å². The monoisotopic (exact) mass is 215 g/mol. The second-order valence-corrected chi connectivity index (χ2v) is 4.82. The van der Waals surface area contributed by atoms with Gasteiger partial charge in [0.15, 0.2) is 6.29 Å². The Morgan fingerprint density at radius 1 is 1.27 bits per heavy atom. The molecule has 0 unspecified atom stereocenters. The van der Waals surface area contributed by atoms with E-state index in [-0.39, 0.29) is 6.29 Å². The summed E-state index contributed by atoms with van der Waals surface area (Å²) in [5, 5.41) is 0. The summed E-state index contributed by atoms with van der Waals surface area (Å²) in [6, 6.07) is 0.734. The van der Waals surface area contributed by atoms with E-state index in [1.165, 1.54) is 25.8 Å². The summed E-state index contributed by atoms with van der Waals surface area (Å²) < 4.78 is 10.5. The molecular weight excluding hydrogens is 190 g/mol. The zero-order valence-electron chi connectivity index (χ0n) is 10.5. The van der Waals surface area contributed by atoms with Crippen LogP contribution in [0.15, 0.2) is 0 Å². The molecule has 0 aromatic heterocycles. The maximum absolute atomic E-state index is 5.25. The van der Waals surface area contributed by atoms with Crippen LogP contribution in [0.3, 0.4) is 0 Å². The molecule has 1 heterocycles. The van der Waals surface area contributed by atoms with Gasteiger partial charge in [-0.05, 0) is 31.7 Å². The number of hydrogen-bond acceptors (Lipinski definition) is 3. The molecule has 0 bridgehead atoms. The molecule has 0 radical (unpaired) electrons. The quantitative estimate of drug-likeness (QED) is 0.633. The lowest BCUT2D eigenvalue weighted by Crippen LogP contribution is -2.38. The summed E-state index contributed by atoms with van der Waals surface area (Å²) in [7, 11) is 3.42. The highest BCUT2D eigenvalue weighted by atomic mass is 16.7. The summed E-state index contributed by atoms with van der Waals surface area (Å²) in [6.07, 6.45) is 3.87. The molecule has 90 valence electrons. The molecule has 1 atom stereocenters. The number of ether oxygens (including phenoxy) is 2. The molecule has 15 heavy (non-hydrogen) atoms. The normalized spacial score (nSPS) is 23.2. The van der Waals surface area contributed by atoms with Crippen molar-refractivity contribution in [1.29, 1.82) is 0 Å². The standard InChI is InChI=1S/C12H25NO2/c1-10(2)8-11-6-5-7-13(11)9-12(14-3)15-4/h10-12H,5-9H2,1-4H3/t11-/m1/s1. The van der Waals surface area contributed by atoms with Gasteiger partial charge in [0.25, 0.3) is 0 Å². The molecule has 3 nitrogen and oxygen atoms in total. The van der Waals surface area contributed by atoms with Gasteiger partial charge in [-0.1, -0.05) is 13.8 Å². The van der Waals surface area contributed by atoms with Crippen LogP contribution in [-0.2, 0) is 9.47 Å². The van der Waals surface area contributed by atoms with Crippen molar-refractivity contribution in [2.24, 2.45) is 5.92 Å². The van der Waals surface area contributed by atoms with Gasteiger partial charge in [0.1, 0.15) is 0 Å². The Morgan fingerprint density at radius 2 is 1.93 bits per heavy atom. The Kier molecular flexibility index (Phi) is 5.58. The average molecular weight is 215 g/mol. The predicted molar refractivity (Wildman–Crippen MR) is 61.9 cm³/mol. The second kappa shape index (κ2) is 6.46. The lowest BCUT2D eigenvalue weighted by Gasteiger charge is -2.28.